The quantitative estimate of drug-likeness (QED) is 0.852. The molecule has 1 aromatic carbocycles. The van der Waals surface area contributed by atoms with Gasteiger partial charge in [0.05, 0.1) is 7.11 Å². The third kappa shape index (κ3) is 3.16. The van der Waals surface area contributed by atoms with E-state index in [-0.39, 0.29) is 5.91 Å². The average Bonchev–Trinajstić information content (AvgIpc) is 2.89. The Morgan fingerprint density at radius 2 is 1.88 bits per heavy atom. The number of carbonyl (C=O) groups excluding carboxylic acids is 1. The summed E-state index contributed by atoms with van der Waals surface area (Å²) < 4.78 is 5.19. The van der Waals surface area contributed by atoms with E-state index < -0.39 is 0 Å². The first-order valence-electron chi connectivity index (χ1n) is 9.40. The fourth-order valence-corrected chi connectivity index (χ4v) is 4.49. The van der Waals surface area contributed by atoms with Crippen LogP contribution in [0.1, 0.15) is 42.5 Å². The Morgan fingerprint density at radius 1 is 1.08 bits per heavy atom. The molecule has 4 nitrogen and oxygen atoms in total. The van der Waals surface area contributed by atoms with E-state index in [1.54, 1.807) is 7.11 Å². The summed E-state index contributed by atoms with van der Waals surface area (Å²) in [6.45, 7) is 4.26. The van der Waals surface area contributed by atoms with Crippen molar-refractivity contribution in [1.29, 1.82) is 0 Å². The molecular weight excluding hydrogens is 300 g/mol. The molecule has 0 unspecified atom stereocenters. The van der Waals surface area contributed by atoms with Gasteiger partial charge in [0.15, 0.2) is 0 Å². The molecule has 3 saturated heterocycles. The number of amides is 1. The summed E-state index contributed by atoms with van der Waals surface area (Å²) >= 11 is 0. The van der Waals surface area contributed by atoms with Gasteiger partial charge in [-0.05, 0) is 61.8 Å². The van der Waals surface area contributed by atoms with E-state index in [0.29, 0.717) is 12.0 Å². The van der Waals surface area contributed by atoms with Crippen LogP contribution >= 0.6 is 0 Å². The molecule has 1 aliphatic carbocycles. The lowest BCUT2D eigenvalue weighted by Crippen LogP contribution is -2.47. The molecule has 1 saturated carbocycles. The molecule has 0 N–H and O–H groups in total. The first-order valence-corrected chi connectivity index (χ1v) is 9.40. The molecule has 3 aliphatic heterocycles. The van der Waals surface area contributed by atoms with Crippen LogP contribution in [0, 0.1) is 11.8 Å². The van der Waals surface area contributed by atoms with Crippen LogP contribution < -0.4 is 4.74 Å². The van der Waals surface area contributed by atoms with Gasteiger partial charge in [-0.3, -0.25) is 9.69 Å². The zero-order valence-electron chi connectivity index (χ0n) is 14.6. The third-order valence-corrected chi connectivity index (χ3v) is 6.17. The van der Waals surface area contributed by atoms with Gasteiger partial charge >= 0.3 is 0 Å². The van der Waals surface area contributed by atoms with Crippen LogP contribution in [0.25, 0.3) is 0 Å². The van der Waals surface area contributed by atoms with Crippen molar-refractivity contribution in [2.45, 2.75) is 38.1 Å². The minimum absolute atomic E-state index is 0.181. The Labute approximate surface area is 144 Å². The number of benzene rings is 1. The van der Waals surface area contributed by atoms with E-state index in [1.807, 2.05) is 24.3 Å². The normalized spacial score (nSPS) is 27.6. The first kappa shape index (κ1) is 15.9. The highest BCUT2D eigenvalue weighted by atomic mass is 16.5. The largest absolute Gasteiger partial charge is 0.497 e. The monoisotopic (exact) mass is 328 g/mol. The molecule has 130 valence electrons. The molecule has 1 aromatic rings. The Bertz CT molecular complexity index is 582. The summed E-state index contributed by atoms with van der Waals surface area (Å²) in [5.74, 6) is 2.54. The van der Waals surface area contributed by atoms with Crippen LogP contribution in [0.5, 0.6) is 5.75 Å². The molecule has 4 heteroatoms. The molecular formula is C20H28N2O2. The molecule has 1 amide bonds. The number of methoxy groups -OCH3 is 1. The van der Waals surface area contributed by atoms with E-state index in [2.05, 4.69) is 9.80 Å². The molecule has 2 bridgehead atoms. The Morgan fingerprint density at radius 3 is 2.54 bits per heavy atom. The number of hydrogen-bond donors (Lipinski definition) is 0. The van der Waals surface area contributed by atoms with Crippen molar-refractivity contribution in [2.24, 2.45) is 11.8 Å². The summed E-state index contributed by atoms with van der Waals surface area (Å²) in [5, 5.41) is 0. The second-order valence-corrected chi connectivity index (χ2v) is 7.79. The van der Waals surface area contributed by atoms with Crippen LogP contribution in [0.3, 0.4) is 0 Å². The van der Waals surface area contributed by atoms with Crippen LogP contribution in [-0.4, -0.2) is 55.0 Å². The Hall–Kier alpha value is -1.55. The smallest absolute Gasteiger partial charge is 0.253 e. The van der Waals surface area contributed by atoms with Crippen molar-refractivity contribution in [2.75, 3.05) is 33.3 Å². The van der Waals surface area contributed by atoms with Gasteiger partial charge in [0.2, 0.25) is 0 Å². The van der Waals surface area contributed by atoms with Gasteiger partial charge in [-0.1, -0.05) is 6.42 Å². The number of rotatable bonds is 4. The van der Waals surface area contributed by atoms with Gasteiger partial charge in [0.1, 0.15) is 5.75 Å². The zero-order chi connectivity index (χ0) is 16.5. The number of piperidine rings is 1. The zero-order valence-corrected chi connectivity index (χ0v) is 14.6. The molecule has 2 atom stereocenters. The highest BCUT2D eigenvalue weighted by Crippen LogP contribution is 2.33. The van der Waals surface area contributed by atoms with Gasteiger partial charge in [-0.25, -0.2) is 0 Å². The number of ether oxygens (including phenoxy) is 1. The number of nitrogens with zero attached hydrogens (tertiary/aromatic N) is 2. The van der Waals surface area contributed by atoms with Gasteiger partial charge in [-0.2, -0.15) is 0 Å². The van der Waals surface area contributed by atoms with Crippen molar-refractivity contribution in [3.05, 3.63) is 29.8 Å². The summed E-state index contributed by atoms with van der Waals surface area (Å²) in [6, 6.07) is 8.09. The van der Waals surface area contributed by atoms with E-state index in [4.69, 9.17) is 4.74 Å². The van der Waals surface area contributed by atoms with Gasteiger partial charge in [0.25, 0.3) is 5.91 Å². The molecule has 0 aromatic heterocycles. The summed E-state index contributed by atoms with van der Waals surface area (Å²) in [6.07, 6.45) is 6.75. The maximum atomic E-state index is 12.9. The number of fused-ring (bicyclic) bond motifs is 4. The van der Waals surface area contributed by atoms with Crippen LogP contribution in [-0.2, 0) is 0 Å². The molecule has 0 radical (unpaired) electrons. The molecule has 4 fully saturated rings. The lowest BCUT2D eigenvalue weighted by atomic mass is 9.83. The van der Waals surface area contributed by atoms with Gasteiger partial charge < -0.3 is 9.64 Å². The third-order valence-electron chi connectivity index (χ3n) is 6.17. The molecule has 3 heterocycles. The standard InChI is InChI=1S/C20H28N2O2/c1-24-19-9-6-17(7-10-19)20(23)22-13-16-5-8-18(14-22)21(12-16)11-15-3-2-4-15/h6-7,9-10,15-16,18H,2-5,8,11-14H2,1H3/t16-,18-/m0/s1. The Balaban J connectivity index is 1.45. The van der Waals surface area contributed by atoms with Crippen LogP contribution in [0.15, 0.2) is 24.3 Å². The predicted octanol–water partition coefficient (Wildman–Crippen LogP) is 3.03. The van der Waals surface area contributed by atoms with Crippen molar-refractivity contribution >= 4 is 5.91 Å². The molecule has 24 heavy (non-hydrogen) atoms. The maximum Gasteiger partial charge on any atom is 0.253 e. The fourth-order valence-electron chi connectivity index (χ4n) is 4.49. The fraction of sp³-hybridized carbons (Fsp3) is 0.650. The summed E-state index contributed by atoms with van der Waals surface area (Å²) in [5.41, 5.74) is 0.780. The second-order valence-electron chi connectivity index (χ2n) is 7.79. The van der Waals surface area contributed by atoms with E-state index in [9.17, 15) is 4.79 Å². The lowest BCUT2D eigenvalue weighted by molar-refractivity contribution is 0.0717. The minimum atomic E-state index is 0.181. The van der Waals surface area contributed by atoms with Crippen molar-refractivity contribution in [3.63, 3.8) is 0 Å². The highest BCUT2D eigenvalue weighted by Gasteiger charge is 2.37. The first-order chi connectivity index (χ1) is 11.7. The molecule has 5 rings (SSSR count). The van der Waals surface area contributed by atoms with Crippen molar-refractivity contribution in [1.82, 2.24) is 9.80 Å². The topological polar surface area (TPSA) is 32.8 Å². The number of carbonyl (C=O) groups is 1. The summed E-state index contributed by atoms with van der Waals surface area (Å²) in [7, 11) is 1.65. The lowest BCUT2D eigenvalue weighted by Gasteiger charge is -2.40. The highest BCUT2D eigenvalue weighted by molar-refractivity contribution is 5.94. The van der Waals surface area contributed by atoms with E-state index >= 15 is 0 Å². The van der Waals surface area contributed by atoms with E-state index in [0.717, 1.165) is 30.3 Å². The van der Waals surface area contributed by atoms with Gasteiger partial charge in [0, 0.05) is 37.8 Å². The predicted molar refractivity (Wildman–Crippen MR) is 94.3 cm³/mol. The van der Waals surface area contributed by atoms with Crippen molar-refractivity contribution in [3.8, 4) is 5.75 Å². The number of hydrogen-bond acceptors (Lipinski definition) is 3. The summed E-state index contributed by atoms with van der Waals surface area (Å²) in [4.78, 5) is 17.7. The maximum absolute atomic E-state index is 12.9. The minimum Gasteiger partial charge on any atom is -0.497 e. The SMILES string of the molecule is COc1ccc(C(=O)N2C[C@H]3CC[C@@H](C2)N(CC2CCC2)C3)cc1. The Kier molecular flexibility index (Phi) is 4.49. The van der Waals surface area contributed by atoms with E-state index in [1.165, 1.54) is 45.2 Å². The molecule has 4 aliphatic rings. The average molecular weight is 328 g/mol. The van der Waals surface area contributed by atoms with Gasteiger partial charge in [-0.15, -0.1) is 0 Å². The van der Waals surface area contributed by atoms with Crippen molar-refractivity contribution < 1.29 is 9.53 Å². The van der Waals surface area contributed by atoms with Crippen LogP contribution in [0.2, 0.25) is 0 Å². The second kappa shape index (κ2) is 6.75. The van der Waals surface area contributed by atoms with Crippen LogP contribution in [0.4, 0.5) is 0 Å². The molecule has 0 spiro atoms.